The van der Waals surface area contributed by atoms with Gasteiger partial charge in [0, 0.05) is 5.56 Å². The molecule has 0 fully saturated rings. The first-order valence-electron chi connectivity index (χ1n) is 5.77. The number of hydrogen-bond donors (Lipinski definition) is 1. The second-order valence-electron chi connectivity index (χ2n) is 4.14. The number of H-pyrrole nitrogens is 1. The molecule has 2 aromatic carbocycles. The molecule has 1 N–H and O–H groups in total. The number of aromatic amines is 1. The van der Waals surface area contributed by atoms with Gasteiger partial charge in [-0.05, 0) is 16.8 Å². The highest BCUT2D eigenvalue weighted by Gasteiger charge is 2.03. The fraction of sp³-hybridized carbons (Fsp3) is 0.0667. The Kier molecular flexibility index (Phi) is 2.54. The van der Waals surface area contributed by atoms with Gasteiger partial charge in [0.05, 0.1) is 24.4 Å². The second kappa shape index (κ2) is 4.34. The van der Waals surface area contributed by atoms with Crippen LogP contribution in [0.15, 0.2) is 48.7 Å². The molecular weight excluding hydrogens is 222 g/mol. The summed E-state index contributed by atoms with van der Waals surface area (Å²) in [4.78, 5) is 7.35. The van der Waals surface area contributed by atoms with E-state index in [-0.39, 0.29) is 0 Å². The standard InChI is InChI=1S/C15H11N3/c16-8-7-15-17-10-14(18-15)13-6-5-11-3-1-2-4-12(11)9-13/h1-6,9-10H,7H2,(H,17,18). The molecule has 0 aliphatic carbocycles. The van der Waals surface area contributed by atoms with Crippen LogP contribution >= 0.6 is 0 Å². The molecule has 3 aromatic rings. The molecule has 3 rings (SSSR count). The quantitative estimate of drug-likeness (QED) is 0.738. The summed E-state index contributed by atoms with van der Waals surface area (Å²) in [5.74, 6) is 0.709. The summed E-state index contributed by atoms with van der Waals surface area (Å²) in [5, 5.41) is 11.1. The summed E-state index contributed by atoms with van der Waals surface area (Å²) >= 11 is 0. The van der Waals surface area contributed by atoms with E-state index >= 15 is 0 Å². The monoisotopic (exact) mass is 233 g/mol. The molecule has 3 nitrogen and oxygen atoms in total. The average molecular weight is 233 g/mol. The van der Waals surface area contributed by atoms with E-state index in [1.807, 2.05) is 12.1 Å². The van der Waals surface area contributed by atoms with Gasteiger partial charge < -0.3 is 4.98 Å². The topological polar surface area (TPSA) is 52.5 Å². The van der Waals surface area contributed by atoms with Crippen LogP contribution in [0.1, 0.15) is 5.82 Å². The third-order valence-electron chi connectivity index (χ3n) is 2.94. The minimum absolute atomic E-state index is 0.313. The van der Waals surface area contributed by atoms with E-state index in [0.29, 0.717) is 12.2 Å². The fourth-order valence-corrected chi connectivity index (χ4v) is 2.03. The molecule has 1 heterocycles. The minimum atomic E-state index is 0.313. The van der Waals surface area contributed by atoms with E-state index in [2.05, 4.69) is 46.4 Å². The van der Waals surface area contributed by atoms with E-state index in [9.17, 15) is 0 Å². The Balaban J connectivity index is 2.05. The van der Waals surface area contributed by atoms with E-state index in [1.54, 1.807) is 6.20 Å². The van der Waals surface area contributed by atoms with Gasteiger partial charge in [0.25, 0.3) is 0 Å². The van der Waals surface area contributed by atoms with Crippen molar-refractivity contribution in [2.75, 3.05) is 0 Å². The Hall–Kier alpha value is -2.60. The number of hydrogen-bond acceptors (Lipinski definition) is 2. The first-order chi connectivity index (χ1) is 8.86. The van der Waals surface area contributed by atoms with Crippen molar-refractivity contribution in [3.63, 3.8) is 0 Å². The zero-order valence-electron chi connectivity index (χ0n) is 9.72. The molecule has 0 amide bonds. The number of aromatic nitrogens is 2. The molecule has 3 heteroatoms. The SMILES string of the molecule is N#CCc1ncc(-c2ccc3ccccc3c2)[nH]1. The third kappa shape index (κ3) is 1.85. The summed E-state index contributed by atoms with van der Waals surface area (Å²) < 4.78 is 0. The number of nitrogens with one attached hydrogen (secondary N) is 1. The Morgan fingerprint density at radius 3 is 2.78 bits per heavy atom. The molecule has 86 valence electrons. The molecule has 0 radical (unpaired) electrons. The molecule has 0 saturated carbocycles. The summed E-state index contributed by atoms with van der Waals surface area (Å²) in [6.45, 7) is 0. The van der Waals surface area contributed by atoms with E-state index in [0.717, 1.165) is 11.3 Å². The van der Waals surface area contributed by atoms with Crippen molar-refractivity contribution in [1.29, 1.82) is 5.26 Å². The van der Waals surface area contributed by atoms with Crippen LogP contribution in [0.25, 0.3) is 22.0 Å². The summed E-state index contributed by atoms with van der Waals surface area (Å²) in [5.41, 5.74) is 2.04. The van der Waals surface area contributed by atoms with Crippen molar-refractivity contribution in [3.05, 3.63) is 54.5 Å². The number of fused-ring (bicyclic) bond motifs is 1. The van der Waals surface area contributed by atoms with Crippen molar-refractivity contribution < 1.29 is 0 Å². The highest BCUT2D eigenvalue weighted by atomic mass is 14.9. The van der Waals surface area contributed by atoms with Crippen LogP contribution in [-0.4, -0.2) is 9.97 Å². The van der Waals surface area contributed by atoms with Crippen LogP contribution in [0.5, 0.6) is 0 Å². The zero-order chi connectivity index (χ0) is 12.4. The molecule has 1 aromatic heterocycles. The van der Waals surface area contributed by atoms with Gasteiger partial charge in [0.1, 0.15) is 5.82 Å². The molecule has 0 saturated heterocycles. The van der Waals surface area contributed by atoms with Crippen molar-refractivity contribution in [1.82, 2.24) is 9.97 Å². The van der Waals surface area contributed by atoms with Crippen LogP contribution in [0, 0.1) is 11.3 Å². The van der Waals surface area contributed by atoms with E-state index in [4.69, 9.17) is 5.26 Å². The van der Waals surface area contributed by atoms with Crippen LogP contribution in [-0.2, 0) is 6.42 Å². The molecular formula is C15H11N3. The minimum Gasteiger partial charge on any atom is -0.341 e. The van der Waals surface area contributed by atoms with Gasteiger partial charge in [0.15, 0.2) is 0 Å². The molecule has 0 bridgehead atoms. The molecule has 0 aliphatic rings. The van der Waals surface area contributed by atoms with Crippen molar-refractivity contribution in [2.45, 2.75) is 6.42 Å². The summed E-state index contributed by atoms with van der Waals surface area (Å²) in [6, 6.07) is 16.6. The van der Waals surface area contributed by atoms with Crippen LogP contribution in [0.4, 0.5) is 0 Å². The summed E-state index contributed by atoms with van der Waals surface area (Å²) in [6.07, 6.45) is 2.09. The van der Waals surface area contributed by atoms with Crippen molar-refractivity contribution >= 4 is 10.8 Å². The van der Waals surface area contributed by atoms with Crippen LogP contribution in [0.2, 0.25) is 0 Å². The number of nitriles is 1. The fourth-order valence-electron chi connectivity index (χ4n) is 2.03. The Bertz CT molecular complexity index is 735. The lowest BCUT2D eigenvalue weighted by Crippen LogP contribution is -1.84. The highest BCUT2D eigenvalue weighted by Crippen LogP contribution is 2.23. The maximum Gasteiger partial charge on any atom is 0.120 e. The van der Waals surface area contributed by atoms with E-state index < -0.39 is 0 Å². The maximum absolute atomic E-state index is 8.63. The van der Waals surface area contributed by atoms with Crippen LogP contribution in [0.3, 0.4) is 0 Å². The smallest absolute Gasteiger partial charge is 0.120 e. The largest absolute Gasteiger partial charge is 0.341 e. The lowest BCUT2D eigenvalue weighted by molar-refractivity contribution is 1.06. The summed E-state index contributed by atoms with van der Waals surface area (Å²) in [7, 11) is 0. The zero-order valence-corrected chi connectivity index (χ0v) is 9.72. The van der Waals surface area contributed by atoms with Gasteiger partial charge in [-0.2, -0.15) is 5.26 Å². The first kappa shape index (κ1) is 10.5. The number of nitrogens with zero attached hydrogens (tertiary/aromatic N) is 2. The second-order valence-corrected chi connectivity index (χ2v) is 4.14. The van der Waals surface area contributed by atoms with Crippen molar-refractivity contribution in [2.24, 2.45) is 0 Å². The molecule has 0 aliphatic heterocycles. The third-order valence-corrected chi connectivity index (χ3v) is 2.94. The molecule has 0 spiro atoms. The van der Waals surface area contributed by atoms with Gasteiger partial charge in [0.2, 0.25) is 0 Å². The van der Waals surface area contributed by atoms with E-state index in [1.165, 1.54) is 10.8 Å². The Morgan fingerprint density at radius 1 is 1.11 bits per heavy atom. The average Bonchev–Trinajstić information content (AvgIpc) is 2.87. The Labute approximate surface area is 105 Å². The predicted molar refractivity (Wildman–Crippen MR) is 70.8 cm³/mol. The highest BCUT2D eigenvalue weighted by molar-refractivity contribution is 5.86. The molecule has 18 heavy (non-hydrogen) atoms. The van der Waals surface area contributed by atoms with Gasteiger partial charge in [-0.1, -0.05) is 36.4 Å². The molecule has 0 unspecified atom stereocenters. The lowest BCUT2D eigenvalue weighted by atomic mass is 10.1. The van der Waals surface area contributed by atoms with Gasteiger partial charge >= 0.3 is 0 Å². The predicted octanol–water partition coefficient (Wildman–Crippen LogP) is 3.30. The molecule has 0 atom stereocenters. The van der Waals surface area contributed by atoms with Gasteiger partial charge in [-0.15, -0.1) is 0 Å². The first-order valence-corrected chi connectivity index (χ1v) is 5.77. The van der Waals surface area contributed by atoms with Gasteiger partial charge in [-0.3, -0.25) is 0 Å². The maximum atomic E-state index is 8.63. The van der Waals surface area contributed by atoms with Crippen molar-refractivity contribution in [3.8, 4) is 17.3 Å². The number of benzene rings is 2. The lowest BCUT2D eigenvalue weighted by Gasteiger charge is -2.01. The van der Waals surface area contributed by atoms with Gasteiger partial charge in [-0.25, -0.2) is 4.98 Å². The Morgan fingerprint density at radius 2 is 1.94 bits per heavy atom. The van der Waals surface area contributed by atoms with Crippen LogP contribution < -0.4 is 0 Å². The normalized spacial score (nSPS) is 10.4. The number of rotatable bonds is 2. The number of imidazole rings is 1.